The molecule has 0 aliphatic carbocycles. The van der Waals surface area contributed by atoms with Crippen LogP contribution in [0.1, 0.15) is 24.2 Å². The fourth-order valence-corrected chi connectivity index (χ4v) is 2.19. The van der Waals surface area contributed by atoms with Crippen molar-refractivity contribution in [3.05, 3.63) is 64.6 Å². The Morgan fingerprint density at radius 2 is 2.04 bits per heavy atom. The second-order valence-electron chi connectivity index (χ2n) is 5.00. The summed E-state index contributed by atoms with van der Waals surface area (Å²) >= 11 is 0. The van der Waals surface area contributed by atoms with Gasteiger partial charge in [-0.1, -0.05) is 24.3 Å². The quantitative estimate of drug-likeness (QED) is 0.583. The Kier molecular flexibility index (Phi) is 4.85. The van der Waals surface area contributed by atoms with Gasteiger partial charge in [-0.25, -0.2) is 0 Å². The highest BCUT2D eigenvalue weighted by Crippen LogP contribution is 2.26. The van der Waals surface area contributed by atoms with Crippen LogP contribution in [0.5, 0.6) is 5.75 Å². The number of carbonyl (C=O) groups excluding carboxylic acids is 1. The highest BCUT2D eigenvalue weighted by atomic mass is 16.3. The number of amides is 1. The summed E-state index contributed by atoms with van der Waals surface area (Å²) in [4.78, 5) is 24.9. The van der Waals surface area contributed by atoms with E-state index in [1.54, 1.807) is 50.3 Å². The number of nitrogens with one attached hydrogen (secondary N) is 2. The lowest BCUT2D eigenvalue weighted by Crippen LogP contribution is -2.40. The number of para-hydroxylation sites is 1. The van der Waals surface area contributed by atoms with Gasteiger partial charge in [0.2, 0.25) is 0 Å². The molecule has 0 bridgehead atoms. The highest BCUT2D eigenvalue weighted by Gasteiger charge is 2.21. The number of hydrazine groups is 1. The van der Waals surface area contributed by atoms with Gasteiger partial charge in [0.15, 0.2) is 0 Å². The molecule has 2 rings (SSSR count). The summed E-state index contributed by atoms with van der Waals surface area (Å²) in [5.74, 6) is -1.03. The third-order valence-corrected chi connectivity index (χ3v) is 3.49. The predicted molar refractivity (Wildman–Crippen MR) is 90.1 cm³/mol. The Morgan fingerprint density at radius 3 is 2.70 bits per heavy atom. The van der Waals surface area contributed by atoms with E-state index in [9.17, 15) is 14.7 Å². The lowest BCUT2D eigenvalue weighted by atomic mass is 10.1. The standard InChI is InChI=1S/C17H19N3O3/c1-4-10-20-13-9-7-6-8-12(13)15(21)14(17(20)23)16(22)19-18-11(3)5-2/h4-9,18,21H,1,10H2,2-3H3,(H,19,22). The number of aromatic hydroxyl groups is 1. The van der Waals surface area contributed by atoms with Crippen LogP contribution in [0.15, 0.2) is 53.5 Å². The van der Waals surface area contributed by atoms with Crippen molar-refractivity contribution >= 4 is 16.8 Å². The summed E-state index contributed by atoms with van der Waals surface area (Å²) in [5, 5.41) is 10.8. The van der Waals surface area contributed by atoms with E-state index in [0.29, 0.717) is 16.6 Å². The molecule has 0 saturated heterocycles. The number of benzene rings is 1. The zero-order chi connectivity index (χ0) is 17.0. The van der Waals surface area contributed by atoms with Crippen LogP contribution in [-0.4, -0.2) is 15.6 Å². The molecule has 0 fully saturated rings. The largest absolute Gasteiger partial charge is 0.506 e. The minimum absolute atomic E-state index is 0.237. The molecule has 6 nitrogen and oxygen atoms in total. The first kappa shape index (κ1) is 16.4. The first-order valence-electron chi connectivity index (χ1n) is 7.16. The van der Waals surface area contributed by atoms with Crippen molar-refractivity contribution in [1.82, 2.24) is 15.4 Å². The number of allylic oxidation sites excluding steroid dienone is 3. The Morgan fingerprint density at radius 1 is 1.35 bits per heavy atom. The van der Waals surface area contributed by atoms with Gasteiger partial charge in [-0.2, -0.15) is 0 Å². The van der Waals surface area contributed by atoms with E-state index in [1.807, 2.05) is 0 Å². The van der Waals surface area contributed by atoms with Crippen molar-refractivity contribution in [1.29, 1.82) is 0 Å². The number of aromatic nitrogens is 1. The molecule has 0 saturated carbocycles. The average molecular weight is 313 g/mol. The number of hydrogen-bond acceptors (Lipinski definition) is 4. The van der Waals surface area contributed by atoms with Gasteiger partial charge in [0.1, 0.15) is 11.3 Å². The number of fused-ring (bicyclic) bond motifs is 1. The lowest BCUT2D eigenvalue weighted by molar-refractivity contribution is 0.0934. The molecule has 0 aliphatic rings. The molecule has 6 heteroatoms. The minimum Gasteiger partial charge on any atom is -0.506 e. The first-order chi connectivity index (χ1) is 11.0. The van der Waals surface area contributed by atoms with Gasteiger partial charge in [-0.15, -0.1) is 6.58 Å². The van der Waals surface area contributed by atoms with E-state index in [1.165, 1.54) is 4.57 Å². The van der Waals surface area contributed by atoms with E-state index in [-0.39, 0.29) is 17.9 Å². The van der Waals surface area contributed by atoms with Gasteiger partial charge < -0.3 is 15.1 Å². The fourth-order valence-electron chi connectivity index (χ4n) is 2.19. The van der Waals surface area contributed by atoms with Gasteiger partial charge in [0.25, 0.3) is 11.5 Å². The summed E-state index contributed by atoms with van der Waals surface area (Å²) in [6.07, 6.45) is 3.32. The van der Waals surface area contributed by atoms with Crippen LogP contribution in [0, 0.1) is 0 Å². The molecule has 0 atom stereocenters. The van der Waals surface area contributed by atoms with E-state index in [4.69, 9.17) is 0 Å². The van der Waals surface area contributed by atoms with Gasteiger partial charge in [-0.05, 0) is 26.0 Å². The predicted octanol–water partition coefficient (Wildman–Crippen LogP) is 2.05. The van der Waals surface area contributed by atoms with Crippen molar-refractivity contribution < 1.29 is 9.90 Å². The summed E-state index contributed by atoms with van der Waals surface area (Å²) in [6.45, 7) is 7.43. The molecular weight excluding hydrogens is 294 g/mol. The Balaban J connectivity index is 2.62. The smallest absolute Gasteiger partial charge is 0.279 e. The number of pyridine rings is 1. The normalized spacial score (nSPS) is 11.3. The van der Waals surface area contributed by atoms with E-state index in [0.717, 1.165) is 0 Å². The molecule has 1 aromatic carbocycles. The SMILES string of the molecule is C=CCn1c(=O)c(C(=O)NNC(C)=CC)c(O)c2ccccc21. The molecule has 1 heterocycles. The molecule has 120 valence electrons. The highest BCUT2D eigenvalue weighted by molar-refractivity contribution is 6.02. The van der Waals surface area contributed by atoms with Crippen LogP contribution in [0.3, 0.4) is 0 Å². The number of rotatable bonds is 5. The maximum absolute atomic E-state index is 12.6. The molecule has 3 N–H and O–H groups in total. The zero-order valence-electron chi connectivity index (χ0n) is 13.1. The summed E-state index contributed by atoms with van der Waals surface area (Å²) < 4.78 is 1.40. The van der Waals surface area contributed by atoms with Gasteiger partial charge in [0.05, 0.1) is 5.52 Å². The third kappa shape index (κ3) is 3.11. The monoisotopic (exact) mass is 313 g/mol. The van der Waals surface area contributed by atoms with Gasteiger partial charge in [-0.3, -0.25) is 15.0 Å². The Bertz CT molecular complexity index is 850. The van der Waals surface area contributed by atoms with Crippen LogP contribution in [-0.2, 0) is 6.54 Å². The third-order valence-electron chi connectivity index (χ3n) is 3.49. The molecule has 1 amide bonds. The van der Waals surface area contributed by atoms with Crippen molar-refractivity contribution in [2.24, 2.45) is 0 Å². The van der Waals surface area contributed by atoms with E-state index < -0.39 is 11.5 Å². The second kappa shape index (κ2) is 6.83. The fraction of sp³-hybridized carbons (Fsp3) is 0.176. The summed E-state index contributed by atoms with van der Waals surface area (Å²) in [7, 11) is 0. The second-order valence-corrected chi connectivity index (χ2v) is 5.00. The molecule has 0 spiro atoms. The Hall–Kier alpha value is -3.02. The lowest BCUT2D eigenvalue weighted by Gasteiger charge is -2.14. The molecular formula is C17H19N3O3. The average Bonchev–Trinajstić information content (AvgIpc) is 2.56. The van der Waals surface area contributed by atoms with Crippen LogP contribution in [0.25, 0.3) is 10.9 Å². The zero-order valence-corrected chi connectivity index (χ0v) is 13.1. The summed E-state index contributed by atoms with van der Waals surface area (Å²) in [6, 6.07) is 6.86. The molecule has 0 unspecified atom stereocenters. The van der Waals surface area contributed by atoms with Crippen molar-refractivity contribution in [3.63, 3.8) is 0 Å². The van der Waals surface area contributed by atoms with Crippen molar-refractivity contribution in [3.8, 4) is 5.75 Å². The molecule has 2 aromatic rings. The Labute approximate surface area is 133 Å². The van der Waals surface area contributed by atoms with E-state index in [2.05, 4.69) is 17.4 Å². The van der Waals surface area contributed by atoms with Gasteiger partial charge >= 0.3 is 0 Å². The number of hydrogen-bond donors (Lipinski definition) is 3. The summed E-state index contributed by atoms with van der Waals surface area (Å²) in [5.41, 5.74) is 5.46. The van der Waals surface area contributed by atoms with Crippen LogP contribution in [0.4, 0.5) is 0 Å². The van der Waals surface area contributed by atoms with Crippen molar-refractivity contribution in [2.75, 3.05) is 0 Å². The first-order valence-corrected chi connectivity index (χ1v) is 7.16. The van der Waals surface area contributed by atoms with Crippen LogP contribution >= 0.6 is 0 Å². The molecule has 0 radical (unpaired) electrons. The minimum atomic E-state index is -0.697. The molecule has 0 aliphatic heterocycles. The van der Waals surface area contributed by atoms with Crippen LogP contribution < -0.4 is 16.4 Å². The van der Waals surface area contributed by atoms with Crippen LogP contribution in [0.2, 0.25) is 0 Å². The molecule has 23 heavy (non-hydrogen) atoms. The van der Waals surface area contributed by atoms with E-state index >= 15 is 0 Å². The maximum Gasteiger partial charge on any atom is 0.279 e. The number of nitrogens with zero attached hydrogens (tertiary/aromatic N) is 1. The van der Waals surface area contributed by atoms with Crippen molar-refractivity contribution in [2.45, 2.75) is 20.4 Å². The maximum atomic E-state index is 12.6. The molecule has 1 aromatic heterocycles. The topological polar surface area (TPSA) is 83.4 Å². The number of carbonyl (C=O) groups is 1. The van der Waals surface area contributed by atoms with Gasteiger partial charge in [0, 0.05) is 17.6 Å².